The highest BCUT2D eigenvalue weighted by Crippen LogP contribution is 1.93. The quantitative estimate of drug-likeness (QED) is 0.548. The van der Waals surface area contributed by atoms with E-state index in [1.807, 2.05) is 0 Å². The van der Waals surface area contributed by atoms with Crippen LogP contribution in [0.4, 0.5) is 0 Å². The molecule has 0 spiro atoms. The van der Waals surface area contributed by atoms with Gasteiger partial charge in [-0.3, -0.25) is 4.79 Å². The number of aliphatic hydroxyl groups excluding tert-OH is 1. The second kappa shape index (κ2) is 4.32. The molecule has 1 unspecified atom stereocenters. The Bertz CT molecular complexity index is 88.3. The first kappa shape index (κ1) is 8.43. The number of ether oxygens (including phenoxy) is 1. The van der Waals surface area contributed by atoms with Gasteiger partial charge in [0.05, 0.1) is 12.5 Å². The molecule has 0 amide bonds. The SMILES string of the molecule is [CH2]C(C)C(=O)OCCO. The lowest BCUT2D eigenvalue weighted by molar-refractivity contribution is -0.147. The Labute approximate surface area is 54.6 Å². The van der Waals surface area contributed by atoms with Crippen molar-refractivity contribution in [1.29, 1.82) is 0 Å². The highest BCUT2D eigenvalue weighted by molar-refractivity contribution is 5.72. The van der Waals surface area contributed by atoms with Gasteiger partial charge in [-0.25, -0.2) is 0 Å². The number of carbonyl (C=O) groups is 1. The van der Waals surface area contributed by atoms with Gasteiger partial charge in [0.25, 0.3) is 0 Å². The van der Waals surface area contributed by atoms with Gasteiger partial charge >= 0.3 is 5.97 Å². The van der Waals surface area contributed by atoms with E-state index in [0.29, 0.717) is 0 Å². The Balaban J connectivity index is 3.28. The molecule has 0 saturated carbocycles. The molecule has 9 heavy (non-hydrogen) atoms. The molecule has 0 rings (SSSR count). The molecule has 0 aliphatic carbocycles. The minimum atomic E-state index is -0.371. The summed E-state index contributed by atoms with van der Waals surface area (Å²) in [5, 5.41) is 8.20. The topological polar surface area (TPSA) is 46.5 Å². The van der Waals surface area contributed by atoms with Crippen LogP contribution in [0.3, 0.4) is 0 Å². The molecule has 1 atom stereocenters. The standard InChI is InChI=1S/C6H11O3/c1-5(2)6(8)9-4-3-7/h5,7H,1,3-4H2,2H3. The smallest absolute Gasteiger partial charge is 0.308 e. The molecule has 3 nitrogen and oxygen atoms in total. The summed E-state index contributed by atoms with van der Waals surface area (Å²) < 4.78 is 4.50. The van der Waals surface area contributed by atoms with Gasteiger partial charge in [-0.05, 0) is 6.92 Å². The third kappa shape index (κ3) is 3.97. The summed E-state index contributed by atoms with van der Waals surface area (Å²) in [6, 6.07) is 0. The normalized spacial score (nSPS) is 9.78. The predicted molar refractivity (Wildman–Crippen MR) is 32.6 cm³/mol. The van der Waals surface area contributed by atoms with Gasteiger partial charge in [0, 0.05) is 0 Å². The van der Waals surface area contributed by atoms with Gasteiger partial charge in [-0.1, -0.05) is 6.92 Å². The van der Waals surface area contributed by atoms with Crippen LogP contribution >= 0.6 is 0 Å². The van der Waals surface area contributed by atoms with E-state index in [1.165, 1.54) is 0 Å². The van der Waals surface area contributed by atoms with E-state index >= 15 is 0 Å². The average molecular weight is 131 g/mol. The first-order chi connectivity index (χ1) is 4.18. The van der Waals surface area contributed by atoms with Gasteiger partial charge in [0.1, 0.15) is 6.61 Å². The van der Waals surface area contributed by atoms with E-state index < -0.39 is 0 Å². The summed E-state index contributed by atoms with van der Waals surface area (Å²) in [5.41, 5.74) is 0. The molecule has 1 radical (unpaired) electrons. The van der Waals surface area contributed by atoms with Crippen molar-refractivity contribution in [1.82, 2.24) is 0 Å². The Kier molecular flexibility index (Phi) is 4.05. The van der Waals surface area contributed by atoms with Crippen molar-refractivity contribution in [2.24, 2.45) is 5.92 Å². The number of esters is 1. The molecule has 0 aliphatic heterocycles. The number of rotatable bonds is 3. The van der Waals surface area contributed by atoms with Crippen molar-refractivity contribution in [3.05, 3.63) is 6.92 Å². The molecule has 0 heterocycles. The van der Waals surface area contributed by atoms with E-state index in [-0.39, 0.29) is 25.1 Å². The molecule has 0 saturated heterocycles. The van der Waals surface area contributed by atoms with Crippen LogP contribution in [0.5, 0.6) is 0 Å². The maximum Gasteiger partial charge on any atom is 0.308 e. The summed E-state index contributed by atoms with van der Waals surface area (Å²) in [6.45, 7) is 5.02. The van der Waals surface area contributed by atoms with E-state index in [4.69, 9.17) is 5.11 Å². The fourth-order valence-electron chi connectivity index (χ4n) is 0.288. The van der Waals surface area contributed by atoms with Crippen LogP contribution in [-0.4, -0.2) is 24.3 Å². The molecule has 0 aliphatic rings. The Morgan fingerprint density at radius 1 is 1.89 bits per heavy atom. The predicted octanol–water partition coefficient (Wildman–Crippen LogP) is -0.00791. The summed E-state index contributed by atoms with van der Waals surface area (Å²) in [6.07, 6.45) is 0. The van der Waals surface area contributed by atoms with E-state index in [2.05, 4.69) is 11.7 Å². The number of hydrogen-bond acceptors (Lipinski definition) is 3. The van der Waals surface area contributed by atoms with Gasteiger partial charge in [-0.2, -0.15) is 0 Å². The second-order valence-corrected chi connectivity index (χ2v) is 1.79. The van der Waals surface area contributed by atoms with Crippen LogP contribution in [0.2, 0.25) is 0 Å². The minimum absolute atomic E-state index is 0.0681. The zero-order valence-corrected chi connectivity index (χ0v) is 5.46. The van der Waals surface area contributed by atoms with Gasteiger partial charge in [-0.15, -0.1) is 0 Å². The molecular formula is C6H11O3. The lowest BCUT2D eigenvalue weighted by Crippen LogP contribution is -2.14. The third-order valence-electron chi connectivity index (χ3n) is 0.738. The fourth-order valence-corrected chi connectivity index (χ4v) is 0.288. The lowest BCUT2D eigenvalue weighted by atomic mass is 10.2. The van der Waals surface area contributed by atoms with Crippen LogP contribution < -0.4 is 0 Å². The molecule has 0 aromatic rings. The highest BCUT2D eigenvalue weighted by Gasteiger charge is 2.06. The first-order valence-electron chi connectivity index (χ1n) is 2.79. The third-order valence-corrected chi connectivity index (χ3v) is 0.738. The molecule has 3 heteroatoms. The van der Waals surface area contributed by atoms with Crippen LogP contribution in [0.1, 0.15) is 6.92 Å². The van der Waals surface area contributed by atoms with E-state index in [1.54, 1.807) is 6.92 Å². The molecule has 0 aromatic carbocycles. The van der Waals surface area contributed by atoms with Crippen LogP contribution in [-0.2, 0) is 9.53 Å². The molecule has 1 N–H and O–H groups in total. The summed E-state index contributed by atoms with van der Waals surface area (Å²) >= 11 is 0. The summed E-state index contributed by atoms with van der Waals surface area (Å²) in [5.74, 6) is -0.722. The zero-order chi connectivity index (χ0) is 7.28. The van der Waals surface area contributed by atoms with Gasteiger partial charge in [0.2, 0.25) is 0 Å². The van der Waals surface area contributed by atoms with Gasteiger partial charge < -0.3 is 9.84 Å². The first-order valence-corrected chi connectivity index (χ1v) is 2.79. The monoisotopic (exact) mass is 131 g/mol. The van der Waals surface area contributed by atoms with Crippen molar-refractivity contribution >= 4 is 5.97 Å². The molecule has 0 fully saturated rings. The van der Waals surface area contributed by atoms with Crippen molar-refractivity contribution < 1.29 is 14.6 Å². The minimum Gasteiger partial charge on any atom is -0.463 e. The summed E-state index contributed by atoms with van der Waals surface area (Å²) in [4.78, 5) is 10.5. The Morgan fingerprint density at radius 3 is 2.78 bits per heavy atom. The van der Waals surface area contributed by atoms with Crippen molar-refractivity contribution in [3.8, 4) is 0 Å². The molecular weight excluding hydrogens is 120 g/mol. The van der Waals surface area contributed by atoms with Crippen LogP contribution in [0.15, 0.2) is 0 Å². The maximum atomic E-state index is 10.5. The molecule has 53 valence electrons. The van der Waals surface area contributed by atoms with Crippen molar-refractivity contribution in [2.45, 2.75) is 6.92 Å². The largest absolute Gasteiger partial charge is 0.463 e. The van der Waals surface area contributed by atoms with Crippen molar-refractivity contribution in [3.63, 3.8) is 0 Å². The van der Waals surface area contributed by atoms with E-state index in [9.17, 15) is 4.79 Å². The van der Waals surface area contributed by atoms with E-state index in [0.717, 1.165) is 0 Å². The Hall–Kier alpha value is -0.570. The van der Waals surface area contributed by atoms with Gasteiger partial charge in [0.15, 0.2) is 0 Å². The highest BCUT2D eigenvalue weighted by atomic mass is 16.5. The lowest BCUT2D eigenvalue weighted by Gasteiger charge is -2.03. The number of aliphatic hydroxyl groups is 1. The van der Waals surface area contributed by atoms with Crippen molar-refractivity contribution in [2.75, 3.05) is 13.2 Å². The zero-order valence-electron chi connectivity index (χ0n) is 5.46. The molecule has 0 aromatic heterocycles. The fraction of sp³-hybridized carbons (Fsp3) is 0.667. The van der Waals surface area contributed by atoms with Crippen LogP contribution in [0.25, 0.3) is 0 Å². The average Bonchev–Trinajstić information content (AvgIpc) is 1.82. The van der Waals surface area contributed by atoms with Crippen LogP contribution in [0, 0.1) is 12.8 Å². The maximum absolute atomic E-state index is 10.5. The number of hydrogen-bond donors (Lipinski definition) is 1. The second-order valence-electron chi connectivity index (χ2n) is 1.79. The number of carbonyl (C=O) groups excluding carboxylic acids is 1. The summed E-state index contributed by atoms with van der Waals surface area (Å²) in [7, 11) is 0. The Morgan fingerprint density at radius 2 is 2.44 bits per heavy atom. The molecule has 0 bridgehead atoms.